The third kappa shape index (κ3) is 9.61. The molecule has 1 fully saturated rings. The van der Waals surface area contributed by atoms with Gasteiger partial charge >= 0.3 is 0 Å². The Morgan fingerprint density at radius 2 is 1.56 bits per heavy atom. The third-order valence-corrected chi connectivity index (χ3v) is 5.09. The van der Waals surface area contributed by atoms with Crippen molar-refractivity contribution in [2.75, 3.05) is 13.1 Å². The van der Waals surface area contributed by atoms with Crippen molar-refractivity contribution in [2.45, 2.75) is 78.6 Å². The Bertz CT molecular complexity index is 427. The molecule has 0 bridgehead atoms. The standard InChI is InChI=1S/C20H36N2O3/c1-4-18(23)17-10-8-16(9-11-17)14-22-20(25)7-5-6-19(24)21-13-12-15(2)3/h15-17H,4-14H2,1-3H3,(H,21,24)(H,22,25)/t16-,17-. The Balaban J connectivity index is 2.06. The van der Waals surface area contributed by atoms with E-state index in [4.69, 9.17) is 0 Å². The molecule has 0 aromatic heterocycles. The van der Waals surface area contributed by atoms with Gasteiger partial charge in [0, 0.05) is 38.3 Å². The van der Waals surface area contributed by atoms with E-state index in [1.807, 2.05) is 6.92 Å². The second-order valence-corrected chi connectivity index (χ2v) is 7.73. The van der Waals surface area contributed by atoms with Gasteiger partial charge in [0.1, 0.15) is 5.78 Å². The fourth-order valence-electron chi connectivity index (χ4n) is 3.32. The zero-order valence-corrected chi connectivity index (χ0v) is 16.2. The number of carbonyl (C=O) groups is 3. The van der Waals surface area contributed by atoms with Gasteiger partial charge in [-0.15, -0.1) is 0 Å². The third-order valence-electron chi connectivity index (χ3n) is 5.09. The van der Waals surface area contributed by atoms with Crippen molar-refractivity contribution in [3.63, 3.8) is 0 Å². The summed E-state index contributed by atoms with van der Waals surface area (Å²) in [6, 6.07) is 0. The second kappa shape index (κ2) is 12.0. The highest BCUT2D eigenvalue weighted by molar-refractivity contribution is 5.80. The average Bonchev–Trinajstić information content (AvgIpc) is 2.59. The van der Waals surface area contributed by atoms with Crippen molar-refractivity contribution >= 4 is 17.6 Å². The van der Waals surface area contributed by atoms with Crippen molar-refractivity contribution in [3.05, 3.63) is 0 Å². The number of Topliss-reactive ketones (excluding diaryl/α,β-unsaturated/α-hetero) is 1. The van der Waals surface area contributed by atoms with Crippen molar-refractivity contribution in [1.29, 1.82) is 0 Å². The maximum atomic E-state index is 11.9. The minimum absolute atomic E-state index is 0.0294. The van der Waals surface area contributed by atoms with Crippen LogP contribution in [0, 0.1) is 17.8 Å². The molecule has 1 saturated carbocycles. The average molecular weight is 353 g/mol. The number of nitrogens with one attached hydrogen (secondary N) is 2. The quantitative estimate of drug-likeness (QED) is 0.599. The van der Waals surface area contributed by atoms with Crippen LogP contribution < -0.4 is 10.6 Å². The lowest BCUT2D eigenvalue weighted by Gasteiger charge is -2.27. The summed E-state index contributed by atoms with van der Waals surface area (Å²) >= 11 is 0. The topological polar surface area (TPSA) is 75.3 Å². The van der Waals surface area contributed by atoms with Crippen LogP contribution in [0.15, 0.2) is 0 Å². The SMILES string of the molecule is CCC(=O)[C@H]1CC[C@H](CNC(=O)CCCC(=O)NCCC(C)C)CC1. The van der Waals surface area contributed by atoms with Gasteiger partial charge in [-0.2, -0.15) is 0 Å². The van der Waals surface area contributed by atoms with Gasteiger partial charge < -0.3 is 10.6 Å². The van der Waals surface area contributed by atoms with Crippen molar-refractivity contribution < 1.29 is 14.4 Å². The number of rotatable bonds is 11. The van der Waals surface area contributed by atoms with E-state index >= 15 is 0 Å². The summed E-state index contributed by atoms with van der Waals surface area (Å²) in [6.07, 6.45) is 7.00. The van der Waals surface area contributed by atoms with Crippen LogP contribution in [0.5, 0.6) is 0 Å². The molecule has 0 aromatic carbocycles. The lowest BCUT2D eigenvalue weighted by atomic mass is 9.79. The molecule has 2 amide bonds. The minimum Gasteiger partial charge on any atom is -0.356 e. The number of hydrogen-bond acceptors (Lipinski definition) is 3. The summed E-state index contributed by atoms with van der Waals surface area (Å²) in [5, 5.41) is 5.88. The first-order chi connectivity index (χ1) is 11.9. The van der Waals surface area contributed by atoms with E-state index in [0.29, 0.717) is 56.4 Å². The molecular formula is C20H36N2O3. The summed E-state index contributed by atoms with van der Waals surface area (Å²) in [4.78, 5) is 35.3. The molecule has 144 valence electrons. The highest BCUT2D eigenvalue weighted by Crippen LogP contribution is 2.29. The fourth-order valence-corrected chi connectivity index (χ4v) is 3.32. The van der Waals surface area contributed by atoms with Crippen LogP contribution in [0.25, 0.3) is 0 Å². The van der Waals surface area contributed by atoms with Crippen LogP contribution in [-0.4, -0.2) is 30.7 Å². The Labute approximate surface area is 152 Å². The van der Waals surface area contributed by atoms with Crippen molar-refractivity contribution in [3.8, 4) is 0 Å². The summed E-state index contributed by atoms with van der Waals surface area (Å²) in [6.45, 7) is 7.60. The number of ketones is 1. The van der Waals surface area contributed by atoms with Gasteiger partial charge in [-0.1, -0.05) is 20.8 Å². The van der Waals surface area contributed by atoms with Crippen LogP contribution >= 0.6 is 0 Å². The Kier molecular flexibility index (Phi) is 10.4. The molecule has 0 aromatic rings. The van der Waals surface area contributed by atoms with E-state index in [0.717, 1.165) is 32.1 Å². The minimum atomic E-state index is 0.0294. The molecule has 2 N–H and O–H groups in total. The Morgan fingerprint density at radius 1 is 0.960 bits per heavy atom. The van der Waals surface area contributed by atoms with Crippen LogP contribution in [0.4, 0.5) is 0 Å². The van der Waals surface area contributed by atoms with E-state index in [2.05, 4.69) is 24.5 Å². The zero-order chi connectivity index (χ0) is 18.7. The molecule has 1 aliphatic carbocycles. The molecule has 1 aliphatic rings. The van der Waals surface area contributed by atoms with Crippen LogP contribution in [0.3, 0.4) is 0 Å². The predicted molar refractivity (Wildman–Crippen MR) is 100 cm³/mol. The van der Waals surface area contributed by atoms with E-state index in [9.17, 15) is 14.4 Å². The Morgan fingerprint density at radius 3 is 2.12 bits per heavy atom. The molecule has 1 rings (SSSR count). The first kappa shape index (κ1) is 21.7. The van der Waals surface area contributed by atoms with Crippen LogP contribution in [0.2, 0.25) is 0 Å². The molecular weight excluding hydrogens is 316 g/mol. The molecule has 0 atom stereocenters. The van der Waals surface area contributed by atoms with Gasteiger partial charge in [-0.3, -0.25) is 14.4 Å². The predicted octanol–water partition coefficient (Wildman–Crippen LogP) is 3.22. The lowest BCUT2D eigenvalue weighted by Crippen LogP contribution is -2.32. The second-order valence-electron chi connectivity index (χ2n) is 7.73. The van der Waals surface area contributed by atoms with E-state index in [1.54, 1.807) is 0 Å². The first-order valence-corrected chi connectivity index (χ1v) is 9.98. The van der Waals surface area contributed by atoms with Crippen LogP contribution in [-0.2, 0) is 14.4 Å². The smallest absolute Gasteiger partial charge is 0.220 e. The Hall–Kier alpha value is -1.39. The fraction of sp³-hybridized carbons (Fsp3) is 0.850. The molecule has 5 heteroatoms. The molecule has 0 radical (unpaired) electrons. The van der Waals surface area contributed by atoms with Gasteiger partial charge in [-0.05, 0) is 50.4 Å². The summed E-state index contributed by atoms with van der Waals surface area (Å²) in [7, 11) is 0. The summed E-state index contributed by atoms with van der Waals surface area (Å²) in [5.41, 5.74) is 0. The number of carbonyl (C=O) groups excluding carboxylic acids is 3. The normalized spacial score (nSPS) is 20.3. The number of hydrogen-bond donors (Lipinski definition) is 2. The molecule has 0 aliphatic heterocycles. The van der Waals surface area contributed by atoms with E-state index in [1.165, 1.54) is 0 Å². The van der Waals surface area contributed by atoms with E-state index in [-0.39, 0.29) is 17.7 Å². The molecule has 0 spiro atoms. The molecule has 5 nitrogen and oxygen atoms in total. The summed E-state index contributed by atoms with van der Waals surface area (Å²) < 4.78 is 0. The van der Waals surface area contributed by atoms with Gasteiger partial charge in [0.25, 0.3) is 0 Å². The van der Waals surface area contributed by atoms with Crippen molar-refractivity contribution in [2.24, 2.45) is 17.8 Å². The molecule has 0 unspecified atom stereocenters. The lowest BCUT2D eigenvalue weighted by molar-refractivity contribution is -0.125. The molecule has 0 heterocycles. The first-order valence-electron chi connectivity index (χ1n) is 9.98. The van der Waals surface area contributed by atoms with E-state index < -0.39 is 0 Å². The highest BCUT2D eigenvalue weighted by atomic mass is 16.2. The van der Waals surface area contributed by atoms with Gasteiger partial charge in [0.2, 0.25) is 11.8 Å². The van der Waals surface area contributed by atoms with Gasteiger partial charge in [-0.25, -0.2) is 0 Å². The van der Waals surface area contributed by atoms with Gasteiger partial charge in [0.15, 0.2) is 0 Å². The maximum Gasteiger partial charge on any atom is 0.220 e. The zero-order valence-electron chi connectivity index (χ0n) is 16.2. The highest BCUT2D eigenvalue weighted by Gasteiger charge is 2.25. The van der Waals surface area contributed by atoms with Crippen molar-refractivity contribution in [1.82, 2.24) is 10.6 Å². The maximum absolute atomic E-state index is 11.9. The van der Waals surface area contributed by atoms with Gasteiger partial charge in [0.05, 0.1) is 0 Å². The summed E-state index contributed by atoms with van der Waals surface area (Å²) in [5.74, 6) is 1.76. The number of amides is 2. The molecule has 25 heavy (non-hydrogen) atoms. The molecule has 0 saturated heterocycles. The monoisotopic (exact) mass is 352 g/mol. The van der Waals surface area contributed by atoms with Crippen LogP contribution in [0.1, 0.15) is 78.6 Å². The largest absolute Gasteiger partial charge is 0.356 e.